The monoisotopic (exact) mass is 158 g/mol. The van der Waals surface area contributed by atoms with E-state index in [4.69, 9.17) is 4.74 Å². The van der Waals surface area contributed by atoms with Crippen LogP contribution in [0.25, 0.3) is 0 Å². The number of hydrogen-bond acceptors (Lipinski definition) is 3. The average molecular weight is 158 g/mol. The second-order valence-corrected chi connectivity index (χ2v) is 3.81. The van der Waals surface area contributed by atoms with E-state index in [0.717, 1.165) is 6.42 Å². The first-order valence-corrected chi connectivity index (χ1v) is 3.83. The van der Waals surface area contributed by atoms with Crippen LogP contribution in [-0.4, -0.2) is 22.8 Å². The number of cyclic esters (lactones) is 1. The van der Waals surface area contributed by atoms with Gasteiger partial charge in [-0.2, -0.15) is 0 Å². The summed E-state index contributed by atoms with van der Waals surface area (Å²) in [5.41, 5.74) is -0.407. The van der Waals surface area contributed by atoms with Gasteiger partial charge < -0.3 is 9.84 Å². The Kier molecular flexibility index (Phi) is 1.92. The summed E-state index contributed by atoms with van der Waals surface area (Å²) in [5.74, 6) is -0.486. The Bertz CT molecular complexity index is 174. The van der Waals surface area contributed by atoms with E-state index in [1.165, 1.54) is 0 Å². The zero-order valence-electron chi connectivity index (χ0n) is 7.13. The van der Waals surface area contributed by atoms with Gasteiger partial charge in [-0.1, -0.05) is 6.92 Å². The third-order valence-electron chi connectivity index (χ3n) is 1.97. The normalized spacial score (nSPS) is 36.5. The first kappa shape index (κ1) is 8.53. The molecule has 0 aromatic rings. The van der Waals surface area contributed by atoms with E-state index in [-0.39, 0.29) is 5.92 Å². The van der Waals surface area contributed by atoms with Crippen molar-refractivity contribution < 1.29 is 14.6 Å². The van der Waals surface area contributed by atoms with Gasteiger partial charge in [0.05, 0.1) is 0 Å². The van der Waals surface area contributed by atoms with E-state index >= 15 is 0 Å². The highest BCUT2D eigenvalue weighted by Crippen LogP contribution is 2.28. The summed E-state index contributed by atoms with van der Waals surface area (Å²) in [6.45, 7) is 5.56. The number of ether oxygens (including phenoxy) is 1. The van der Waals surface area contributed by atoms with Gasteiger partial charge >= 0.3 is 5.97 Å². The molecule has 1 saturated heterocycles. The van der Waals surface area contributed by atoms with Crippen LogP contribution in [0, 0.1) is 5.92 Å². The molecular weight excluding hydrogens is 144 g/mol. The number of carbonyl (C=O) groups excluding carboxylic acids is 1. The summed E-state index contributed by atoms with van der Waals surface area (Å²) in [7, 11) is 0. The van der Waals surface area contributed by atoms with Crippen LogP contribution in [0.1, 0.15) is 27.2 Å². The first-order chi connectivity index (χ1) is 4.92. The van der Waals surface area contributed by atoms with Crippen molar-refractivity contribution in [2.45, 2.75) is 38.9 Å². The maximum atomic E-state index is 10.9. The molecule has 64 valence electrons. The fraction of sp³-hybridized carbons (Fsp3) is 0.875. The first-order valence-electron chi connectivity index (χ1n) is 3.83. The maximum absolute atomic E-state index is 10.9. The lowest BCUT2D eigenvalue weighted by molar-refractivity contribution is -0.183. The third kappa shape index (κ3) is 1.71. The van der Waals surface area contributed by atoms with E-state index < -0.39 is 17.7 Å². The van der Waals surface area contributed by atoms with Crippen molar-refractivity contribution in [2.24, 2.45) is 5.92 Å². The summed E-state index contributed by atoms with van der Waals surface area (Å²) < 4.78 is 4.97. The molecule has 0 aromatic heterocycles. The van der Waals surface area contributed by atoms with Crippen LogP contribution in [0.5, 0.6) is 0 Å². The zero-order chi connectivity index (χ0) is 8.65. The SMILES string of the molecule is CC1CC(C)(C)OC(=O)[C@@H]1O. The molecule has 1 unspecified atom stereocenters. The summed E-state index contributed by atoms with van der Waals surface area (Å²) >= 11 is 0. The van der Waals surface area contributed by atoms with Gasteiger partial charge in [0.15, 0.2) is 6.10 Å². The largest absolute Gasteiger partial charge is 0.458 e. The second kappa shape index (κ2) is 2.48. The molecule has 2 atom stereocenters. The van der Waals surface area contributed by atoms with Crippen LogP contribution in [0.2, 0.25) is 0 Å². The minimum Gasteiger partial charge on any atom is -0.458 e. The van der Waals surface area contributed by atoms with E-state index in [1.807, 2.05) is 20.8 Å². The summed E-state index contributed by atoms with van der Waals surface area (Å²) in [6, 6.07) is 0. The van der Waals surface area contributed by atoms with Crippen LogP contribution < -0.4 is 0 Å². The molecule has 1 N–H and O–H groups in total. The molecule has 1 aliphatic heterocycles. The molecule has 3 heteroatoms. The minimum absolute atomic E-state index is 0.00579. The van der Waals surface area contributed by atoms with Gasteiger partial charge in [0, 0.05) is 0 Å². The number of rotatable bonds is 0. The smallest absolute Gasteiger partial charge is 0.335 e. The van der Waals surface area contributed by atoms with Gasteiger partial charge in [-0.3, -0.25) is 0 Å². The Balaban J connectivity index is 2.70. The van der Waals surface area contributed by atoms with Crippen molar-refractivity contribution in [1.82, 2.24) is 0 Å². The van der Waals surface area contributed by atoms with Crippen LogP contribution in [-0.2, 0) is 9.53 Å². The van der Waals surface area contributed by atoms with Crippen LogP contribution in [0.15, 0.2) is 0 Å². The predicted molar refractivity (Wildman–Crippen MR) is 40.0 cm³/mol. The molecule has 0 radical (unpaired) electrons. The van der Waals surface area contributed by atoms with Crippen molar-refractivity contribution in [1.29, 1.82) is 0 Å². The van der Waals surface area contributed by atoms with E-state index in [1.54, 1.807) is 0 Å². The van der Waals surface area contributed by atoms with E-state index in [9.17, 15) is 9.90 Å². The number of carbonyl (C=O) groups is 1. The number of aliphatic hydroxyl groups excluding tert-OH is 1. The van der Waals surface area contributed by atoms with E-state index in [2.05, 4.69) is 0 Å². The molecular formula is C8H14O3. The lowest BCUT2D eigenvalue weighted by Gasteiger charge is -2.35. The number of hydrogen-bond donors (Lipinski definition) is 1. The number of aliphatic hydroxyl groups is 1. The maximum Gasteiger partial charge on any atom is 0.335 e. The van der Waals surface area contributed by atoms with Crippen molar-refractivity contribution >= 4 is 5.97 Å². The highest BCUT2D eigenvalue weighted by atomic mass is 16.6. The van der Waals surface area contributed by atoms with E-state index in [0.29, 0.717) is 0 Å². The molecule has 11 heavy (non-hydrogen) atoms. The van der Waals surface area contributed by atoms with Gasteiger partial charge in [-0.05, 0) is 26.2 Å². The zero-order valence-corrected chi connectivity index (χ0v) is 7.13. The van der Waals surface area contributed by atoms with Crippen LogP contribution in [0.4, 0.5) is 0 Å². The third-order valence-corrected chi connectivity index (χ3v) is 1.97. The fourth-order valence-electron chi connectivity index (χ4n) is 1.49. The Morgan fingerprint density at radius 2 is 2.18 bits per heavy atom. The highest BCUT2D eigenvalue weighted by molar-refractivity contribution is 5.76. The molecule has 1 fully saturated rings. The molecule has 0 amide bonds. The van der Waals surface area contributed by atoms with Crippen LogP contribution >= 0.6 is 0 Å². The van der Waals surface area contributed by atoms with Crippen molar-refractivity contribution in [2.75, 3.05) is 0 Å². The fourth-order valence-corrected chi connectivity index (χ4v) is 1.49. The molecule has 1 rings (SSSR count). The Labute approximate surface area is 66.4 Å². The molecule has 0 bridgehead atoms. The van der Waals surface area contributed by atoms with Gasteiger partial charge in [0.25, 0.3) is 0 Å². The van der Waals surface area contributed by atoms with Crippen molar-refractivity contribution in [3.05, 3.63) is 0 Å². The predicted octanol–water partition coefficient (Wildman–Crippen LogP) is 0.709. The minimum atomic E-state index is -0.928. The second-order valence-electron chi connectivity index (χ2n) is 3.81. The van der Waals surface area contributed by atoms with Gasteiger partial charge in [-0.15, -0.1) is 0 Å². The van der Waals surface area contributed by atoms with Crippen LogP contribution in [0.3, 0.4) is 0 Å². The van der Waals surface area contributed by atoms with Gasteiger partial charge in [-0.25, -0.2) is 4.79 Å². The van der Waals surface area contributed by atoms with Gasteiger partial charge in [0.2, 0.25) is 0 Å². The molecule has 3 nitrogen and oxygen atoms in total. The molecule has 1 aliphatic rings. The summed E-state index contributed by atoms with van der Waals surface area (Å²) in [5, 5.41) is 9.20. The highest BCUT2D eigenvalue weighted by Gasteiger charge is 2.38. The lowest BCUT2D eigenvalue weighted by atomic mass is 9.88. The molecule has 0 spiro atoms. The van der Waals surface area contributed by atoms with Crippen molar-refractivity contribution in [3.8, 4) is 0 Å². The Morgan fingerprint density at radius 3 is 2.64 bits per heavy atom. The summed E-state index contributed by atoms with van der Waals surface area (Å²) in [6.07, 6.45) is -0.206. The molecule has 1 heterocycles. The topological polar surface area (TPSA) is 46.5 Å². The Hall–Kier alpha value is -0.570. The molecule has 0 aliphatic carbocycles. The molecule has 0 saturated carbocycles. The lowest BCUT2D eigenvalue weighted by Crippen LogP contribution is -2.45. The van der Waals surface area contributed by atoms with Gasteiger partial charge in [0.1, 0.15) is 5.60 Å². The quantitative estimate of drug-likeness (QED) is 0.528. The number of esters is 1. The Morgan fingerprint density at radius 1 is 1.64 bits per heavy atom. The standard InChI is InChI=1S/C8H14O3/c1-5-4-8(2,3)11-7(10)6(5)9/h5-6,9H,4H2,1-3H3/t5?,6-/m1/s1. The van der Waals surface area contributed by atoms with Crippen molar-refractivity contribution in [3.63, 3.8) is 0 Å². The molecule has 0 aromatic carbocycles. The summed E-state index contributed by atoms with van der Waals surface area (Å²) in [4.78, 5) is 10.9. The average Bonchev–Trinajstić information content (AvgIpc) is 1.81.